The minimum absolute atomic E-state index is 0.365. The topological polar surface area (TPSA) is 55.2 Å². The SMILES string of the molecule is COc1ccc(C(O)(Cc2ccccc2)c2nnc(-c3ccccc3)c3ccccc23)cc1. The van der Waals surface area contributed by atoms with E-state index in [4.69, 9.17) is 4.74 Å². The van der Waals surface area contributed by atoms with E-state index in [1.54, 1.807) is 7.11 Å². The molecule has 0 bridgehead atoms. The summed E-state index contributed by atoms with van der Waals surface area (Å²) >= 11 is 0. The van der Waals surface area contributed by atoms with Crippen molar-refractivity contribution in [1.29, 1.82) is 0 Å². The molecule has 0 amide bonds. The molecule has 4 aromatic carbocycles. The van der Waals surface area contributed by atoms with Crippen molar-refractivity contribution in [3.63, 3.8) is 0 Å². The molecule has 0 aliphatic rings. The molecule has 1 N–H and O–H groups in total. The fraction of sp³-hybridized carbons (Fsp3) is 0.103. The Kier molecular flexibility index (Phi) is 5.59. The lowest BCUT2D eigenvalue weighted by Crippen LogP contribution is -2.32. The normalized spacial score (nSPS) is 12.9. The lowest BCUT2D eigenvalue weighted by molar-refractivity contribution is 0.0772. The second kappa shape index (κ2) is 8.85. The number of aromatic nitrogens is 2. The summed E-state index contributed by atoms with van der Waals surface area (Å²) in [5.74, 6) is 0.733. The maximum absolute atomic E-state index is 12.3. The molecule has 1 heterocycles. The number of hydrogen-bond donors (Lipinski definition) is 1. The van der Waals surface area contributed by atoms with Crippen molar-refractivity contribution in [1.82, 2.24) is 10.2 Å². The molecule has 0 fully saturated rings. The fourth-order valence-corrected chi connectivity index (χ4v) is 4.30. The van der Waals surface area contributed by atoms with Gasteiger partial charge in [-0.05, 0) is 23.3 Å². The fourth-order valence-electron chi connectivity index (χ4n) is 4.30. The van der Waals surface area contributed by atoms with E-state index < -0.39 is 5.60 Å². The maximum Gasteiger partial charge on any atom is 0.138 e. The van der Waals surface area contributed by atoms with Gasteiger partial charge in [0.05, 0.1) is 7.11 Å². The minimum atomic E-state index is -1.38. The van der Waals surface area contributed by atoms with E-state index in [-0.39, 0.29) is 0 Å². The lowest BCUT2D eigenvalue weighted by Gasteiger charge is -2.29. The van der Waals surface area contributed by atoms with Crippen LogP contribution >= 0.6 is 0 Å². The van der Waals surface area contributed by atoms with E-state index in [0.29, 0.717) is 12.1 Å². The van der Waals surface area contributed by atoms with Crippen molar-refractivity contribution < 1.29 is 9.84 Å². The van der Waals surface area contributed by atoms with Gasteiger partial charge in [-0.15, -0.1) is 5.10 Å². The number of benzene rings is 4. The van der Waals surface area contributed by atoms with Gasteiger partial charge in [0.25, 0.3) is 0 Å². The Morgan fingerprint density at radius 3 is 1.97 bits per heavy atom. The monoisotopic (exact) mass is 432 g/mol. The summed E-state index contributed by atoms with van der Waals surface area (Å²) in [6.07, 6.45) is 0.365. The molecule has 33 heavy (non-hydrogen) atoms. The highest BCUT2D eigenvalue weighted by Gasteiger charge is 2.36. The van der Waals surface area contributed by atoms with Crippen molar-refractivity contribution in [2.75, 3.05) is 7.11 Å². The van der Waals surface area contributed by atoms with E-state index in [1.807, 2.05) is 109 Å². The second-order valence-corrected chi connectivity index (χ2v) is 8.06. The summed E-state index contributed by atoms with van der Waals surface area (Å²) in [4.78, 5) is 0. The standard InChI is InChI=1S/C29H24N2O2/c1-33-24-18-16-23(17-19-24)29(32,20-21-10-4-2-5-11-21)28-26-15-9-8-14-25(26)27(30-31-28)22-12-6-3-7-13-22/h2-19,32H,20H2,1H3. The summed E-state index contributed by atoms with van der Waals surface area (Å²) < 4.78 is 5.33. The lowest BCUT2D eigenvalue weighted by atomic mass is 9.82. The average molecular weight is 433 g/mol. The third-order valence-corrected chi connectivity index (χ3v) is 6.00. The largest absolute Gasteiger partial charge is 0.497 e. The van der Waals surface area contributed by atoms with Crippen LogP contribution in [0, 0.1) is 0 Å². The molecule has 1 atom stereocenters. The molecule has 4 nitrogen and oxygen atoms in total. The van der Waals surface area contributed by atoms with Crippen molar-refractivity contribution >= 4 is 10.8 Å². The number of hydrogen-bond acceptors (Lipinski definition) is 4. The van der Waals surface area contributed by atoms with Crippen LogP contribution in [0.1, 0.15) is 16.8 Å². The number of aliphatic hydroxyl groups is 1. The third-order valence-electron chi connectivity index (χ3n) is 6.00. The molecular weight excluding hydrogens is 408 g/mol. The molecule has 4 heteroatoms. The van der Waals surface area contributed by atoms with Gasteiger partial charge in [-0.3, -0.25) is 0 Å². The summed E-state index contributed by atoms with van der Waals surface area (Å²) in [7, 11) is 1.63. The van der Waals surface area contributed by atoms with Crippen LogP contribution in [0.25, 0.3) is 22.0 Å². The number of nitrogens with zero attached hydrogens (tertiary/aromatic N) is 2. The zero-order valence-corrected chi connectivity index (χ0v) is 18.3. The van der Waals surface area contributed by atoms with E-state index in [0.717, 1.165) is 38.9 Å². The molecule has 5 rings (SSSR count). The van der Waals surface area contributed by atoms with Crippen LogP contribution in [0.4, 0.5) is 0 Å². The van der Waals surface area contributed by atoms with Crippen molar-refractivity contribution in [3.05, 3.63) is 126 Å². The van der Waals surface area contributed by atoms with Gasteiger partial charge in [-0.2, -0.15) is 5.10 Å². The van der Waals surface area contributed by atoms with E-state index >= 15 is 0 Å². The first kappa shape index (κ1) is 20.9. The molecule has 0 saturated carbocycles. The quantitative estimate of drug-likeness (QED) is 0.369. The smallest absolute Gasteiger partial charge is 0.138 e. The van der Waals surface area contributed by atoms with Crippen molar-refractivity contribution in [3.8, 4) is 17.0 Å². The molecule has 1 unspecified atom stereocenters. The highest BCUT2D eigenvalue weighted by molar-refractivity contribution is 5.96. The predicted octanol–water partition coefficient (Wildman–Crippen LogP) is 5.78. The number of rotatable bonds is 6. The Bertz CT molecular complexity index is 1370. The first-order chi connectivity index (χ1) is 16.2. The van der Waals surface area contributed by atoms with Crippen LogP contribution in [-0.2, 0) is 12.0 Å². The van der Waals surface area contributed by atoms with Crippen LogP contribution in [0.5, 0.6) is 5.75 Å². The molecule has 0 aliphatic carbocycles. The van der Waals surface area contributed by atoms with E-state index in [9.17, 15) is 5.11 Å². The molecule has 0 saturated heterocycles. The first-order valence-electron chi connectivity index (χ1n) is 10.9. The van der Waals surface area contributed by atoms with Crippen LogP contribution < -0.4 is 4.74 Å². The summed E-state index contributed by atoms with van der Waals surface area (Å²) in [6.45, 7) is 0. The molecule has 162 valence electrons. The maximum atomic E-state index is 12.3. The van der Waals surface area contributed by atoms with Crippen LogP contribution in [0.3, 0.4) is 0 Å². The molecular formula is C29H24N2O2. The minimum Gasteiger partial charge on any atom is -0.497 e. The predicted molar refractivity (Wildman–Crippen MR) is 131 cm³/mol. The first-order valence-corrected chi connectivity index (χ1v) is 10.9. The Balaban J connectivity index is 1.73. The van der Waals surface area contributed by atoms with Gasteiger partial charge in [0.1, 0.15) is 22.7 Å². The van der Waals surface area contributed by atoms with Crippen molar-refractivity contribution in [2.45, 2.75) is 12.0 Å². The Hall–Kier alpha value is -4.02. The van der Waals surface area contributed by atoms with Gasteiger partial charge >= 0.3 is 0 Å². The molecule has 5 aromatic rings. The van der Waals surface area contributed by atoms with E-state index in [2.05, 4.69) is 10.2 Å². The summed E-state index contributed by atoms with van der Waals surface area (Å²) in [5.41, 5.74) is 2.69. The highest BCUT2D eigenvalue weighted by Crippen LogP contribution is 2.38. The molecule has 0 radical (unpaired) electrons. The number of ether oxygens (including phenoxy) is 1. The van der Waals surface area contributed by atoms with Gasteiger partial charge in [-0.25, -0.2) is 0 Å². The Morgan fingerprint density at radius 2 is 1.30 bits per heavy atom. The average Bonchev–Trinajstić information content (AvgIpc) is 2.89. The molecule has 0 aliphatic heterocycles. The van der Waals surface area contributed by atoms with Gasteiger partial charge < -0.3 is 9.84 Å². The van der Waals surface area contributed by atoms with Gasteiger partial charge in [-0.1, -0.05) is 97.1 Å². The van der Waals surface area contributed by atoms with Crippen LogP contribution in [0.2, 0.25) is 0 Å². The van der Waals surface area contributed by atoms with Gasteiger partial charge in [0, 0.05) is 22.8 Å². The zero-order valence-electron chi connectivity index (χ0n) is 18.3. The summed E-state index contributed by atoms with van der Waals surface area (Å²) in [6, 6.07) is 35.5. The third kappa shape index (κ3) is 3.97. The summed E-state index contributed by atoms with van der Waals surface area (Å²) in [5, 5.41) is 23.4. The molecule has 1 aromatic heterocycles. The number of methoxy groups -OCH3 is 1. The van der Waals surface area contributed by atoms with Crippen molar-refractivity contribution in [2.24, 2.45) is 0 Å². The second-order valence-electron chi connectivity index (χ2n) is 8.06. The Labute approximate surface area is 193 Å². The number of fused-ring (bicyclic) bond motifs is 1. The van der Waals surface area contributed by atoms with Crippen LogP contribution in [-0.4, -0.2) is 22.4 Å². The Morgan fingerprint density at radius 1 is 0.697 bits per heavy atom. The van der Waals surface area contributed by atoms with Gasteiger partial charge in [0.15, 0.2) is 0 Å². The van der Waals surface area contributed by atoms with Crippen LogP contribution in [0.15, 0.2) is 109 Å². The van der Waals surface area contributed by atoms with E-state index in [1.165, 1.54) is 0 Å². The molecule has 0 spiro atoms. The highest BCUT2D eigenvalue weighted by atomic mass is 16.5. The zero-order chi connectivity index (χ0) is 22.7. The van der Waals surface area contributed by atoms with Gasteiger partial charge in [0.2, 0.25) is 0 Å².